The fourth-order valence-corrected chi connectivity index (χ4v) is 3.78. The summed E-state index contributed by atoms with van der Waals surface area (Å²) >= 11 is 0. The van der Waals surface area contributed by atoms with E-state index in [9.17, 15) is 14.0 Å². The number of ether oxygens (including phenoxy) is 2. The number of halogens is 1. The molecule has 0 radical (unpaired) electrons. The normalized spacial score (nSPS) is 11.8. The maximum absolute atomic E-state index is 13.4. The van der Waals surface area contributed by atoms with E-state index in [0.717, 1.165) is 11.1 Å². The van der Waals surface area contributed by atoms with Crippen LogP contribution in [0.5, 0.6) is 11.5 Å². The van der Waals surface area contributed by atoms with Gasteiger partial charge in [0.1, 0.15) is 5.82 Å². The number of nitrogens with zero attached hydrogens (tertiary/aromatic N) is 2. The fraction of sp³-hybridized carbons (Fsp3) is 0.148. The number of nitrogens with one attached hydrogen (secondary N) is 1. The van der Waals surface area contributed by atoms with E-state index in [0.29, 0.717) is 29.4 Å². The lowest BCUT2D eigenvalue weighted by Crippen LogP contribution is -2.30. The molecule has 1 aromatic heterocycles. The average Bonchev–Trinajstić information content (AvgIpc) is 3.57. The highest BCUT2D eigenvalue weighted by atomic mass is 19.1. The number of carbonyl (C=O) groups is 2. The molecule has 4 aromatic rings. The second kappa shape index (κ2) is 10.3. The summed E-state index contributed by atoms with van der Waals surface area (Å²) in [6.45, 7) is 0.815. The van der Waals surface area contributed by atoms with Crippen LogP contribution in [0.4, 0.5) is 4.39 Å². The number of fused-ring (bicyclic) bond motifs is 1. The zero-order valence-corrected chi connectivity index (χ0v) is 19.1. The van der Waals surface area contributed by atoms with Crippen LogP contribution in [0.3, 0.4) is 0 Å². The van der Waals surface area contributed by atoms with Gasteiger partial charge in [-0.15, -0.1) is 0 Å². The Morgan fingerprint density at radius 3 is 2.47 bits per heavy atom. The molecule has 2 heterocycles. The molecular formula is C27H22FN3O5. The highest BCUT2D eigenvalue weighted by Crippen LogP contribution is 2.32. The van der Waals surface area contributed by atoms with Crippen molar-refractivity contribution in [1.29, 1.82) is 0 Å². The molecule has 3 aromatic carbocycles. The van der Waals surface area contributed by atoms with E-state index in [2.05, 4.69) is 10.5 Å². The maximum Gasteiger partial charge on any atom is 0.273 e. The summed E-state index contributed by atoms with van der Waals surface area (Å²) in [7, 11) is 0. The topological polar surface area (TPSA) is 93.9 Å². The Morgan fingerprint density at radius 2 is 1.67 bits per heavy atom. The molecule has 0 saturated carbocycles. The quantitative estimate of drug-likeness (QED) is 0.398. The van der Waals surface area contributed by atoms with E-state index in [-0.39, 0.29) is 31.5 Å². The first kappa shape index (κ1) is 23.1. The number of amides is 2. The smallest absolute Gasteiger partial charge is 0.273 e. The molecule has 0 atom stereocenters. The van der Waals surface area contributed by atoms with Gasteiger partial charge in [-0.05, 0) is 47.5 Å². The number of rotatable bonds is 8. The second-order valence-electron chi connectivity index (χ2n) is 8.20. The van der Waals surface area contributed by atoms with Gasteiger partial charge in [0.05, 0.1) is 6.54 Å². The summed E-state index contributed by atoms with van der Waals surface area (Å²) in [6.07, 6.45) is 0. The van der Waals surface area contributed by atoms with Gasteiger partial charge in [-0.3, -0.25) is 9.59 Å². The molecule has 0 aliphatic carbocycles. The van der Waals surface area contributed by atoms with Gasteiger partial charge < -0.3 is 24.2 Å². The van der Waals surface area contributed by atoms with Gasteiger partial charge in [-0.25, -0.2) is 4.39 Å². The molecular weight excluding hydrogens is 465 g/mol. The molecule has 0 saturated heterocycles. The molecule has 1 N–H and O–H groups in total. The van der Waals surface area contributed by atoms with Gasteiger partial charge in [0.2, 0.25) is 6.79 Å². The number of hydrogen-bond acceptors (Lipinski definition) is 6. The molecule has 182 valence electrons. The van der Waals surface area contributed by atoms with Gasteiger partial charge in [0.15, 0.2) is 23.0 Å². The summed E-state index contributed by atoms with van der Waals surface area (Å²) in [5, 5.41) is 6.66. The van der Waals surface area contributed by atoms with Crippen LogP contribution in [0.25, 0.3) is 0 Å². The summed E-state index contributed by atoms with van der Waals surface area (Å²) in [5.74, 6) is 0.505. The fourth-order valence-electron chi connectivity index (χ4n) is 3.78. The monoisotopic (exact) mass is 487 g/mol. The summed E-state index contributed by atoms with van der Waals surface area (Å²) in [5.41, 5.74) is 2.19. The Morgan fingerprint density at radius 1 is 0.889 bits per heavy atom. The van der Waals surface area contributed by atoms with Crippen molar-refractivity contribution in [1.82, 2.24) is 15.4 Å². The zero-order chi connectivity index (χ0) is 24.9. The third-order valence-electron chi connectivity index (χ3n) is 5.62. The first-order valence-electron chi connectivity index (χ1n) is 11.3. The molecule has 0 unspecified atom stereocenters. The van der Waals surface area contributed by atoms with Gasteiger partial charge in [0, 0.05) is 24.7 Å². The van der Waals surface area contributed by atoms with Crippen molar-refractivity contribution in [2.75, 3.05) is 6.79 Å². The van der Waals surface area contributed by atoms with Crippen LogP contribution in [0, 0.1) is 5.82 Å². The van der Waals surface area contributed by atoms with E-state index in [1.807, 2.05) is 36.4 Å². The lowest BCUT2D eigenvalue weighted by atomic mass is 10.1. The zero-order valence-electron chi connectivity index (χ0n) is 19.1. The molecule has 9 heteroatoms. The first-order valence-corrected chi connectivity index (χ1v) is 11.3. The minimum Gasteiger partial charge on any atom is -0.454 e. The Labute approximate surface area is 206 Å². The molecule has 0 spiro atoms. The predicted molar refractivity (Wildman–Crippen MR) is 127 cm³/mol. The molecule has 2 amide bonds. The molecule has 1 aliphatic heterocycles. The van der Waals surface area contributed by atoms with Crippen LogP contribution in [0.15, 0.2) is 83.4 Å². The van der Waals surface area contributed by atoms with Gasteiger partial charge in [-0.1, -0.05) is 41.6 Å². The van der Waals surface area contributed by atoms with Crippen LogP contribution in [0.1, 0.15) is 37.7 Å². The first-order chi connectivity index (χ1) is 17.5. The van der Waals surface area contributed by atoms with E-state index in [1.54, 1.807) is 17.0 Å². The Hall–Kier alpha value is -4.66. The van der Waals surface area contributed by atoms with Crippen molar-refractivity contribution in [2.45, 2.75) is 19.6 Å². The van der Waals surface area contributed by atoms with E-state index in [4.69, 9.17) is 14.0 Å². The number of benzene rings is 3. The lowest BCUT2D eigenvalue weighted by Gasteiger charge is -2.21. The SMILES string of the molecule is O=C(NCc1ccc2c(c1)OCO2)c1cc(CN(Cc2ccccc2)C(=O)c2ccc(F)cc2)on1. The number of hydrogen-bond donors (Lipinski definition) is 1. The standard InChI is InChI=1S/C27H22FN3O5/c28-21-9-7-20(8-10-21)27(33)31(15-18-4-2-1-3-5-18)16-22-13-23(30-36-22)26(32)29-14-19-6-11-24-25(12-19)35-17-34-24/h1-13H,14-17H2,(H,29,32). The highest BCUT2D eigenvalue weighted by Gasteiger charge is 2.21. The summed E-state index contributed by atoms with van der Waals surface area (Å²) in [6, 6.07) is 21.7. The maximum atomic E-state index is 13.4. The van der Waals surface area contributed by atoms with Crippen LogP contribution >= 0.6 is 0 Å². The van der Waals surface area contributed by atoms with Crippen LogP contribution in [0.2, 0.25) is 0 Å². The van der Waals surface area contributed by atoms with E-state index in [1.165, 1.54) is 30.3 Å². The molecule has 8 nitrogen and oxygen atoms in total. The average molecular weight is 487 g/mol. The minimum absolute atomic E-state index is 0.0769. The van der Waals surface area contributed by atoms with Crippen LogP contribution in [-0.2, 0) is 19.6 Å². The lowest BCUT2D eigenvalue weighted by molar-refractivity contribution is 0.0713. The molecule has 0 fully saturated rings. The molecule has 36 heavy (non-hydrogen) atoms. The van der Waals surface area contributed by atoms with Crippen molar-refractivity contribution in [2.24, 2.45) is 0 Å². The highest BCUT2D eigenvalue weighted by molar-refractivity contribution is 5.94. The third kappa shape index (κ3) is 5.35. The molecule has 1 aliphatic rings. The third-order valence-corrected chi connectivity index (χ3v) is 5.62. The predicted octanol–water partition coefficient (Wildman–Crippen LogP) is 4.32. The van der Waals surface area contributed by atoms with Crippen LogP contribution < -0.4 is 14.8 Å². The molecule has 0 bridgehead atoms. The van der Waals surface area contributed by atoms with Gasteiger partial charge >= 0.3 is 0 Å². The Kier molecular flexibility index (Phi) is 6.61. The van der Waals surface area contributed by atoms with Crippen molar-refractivity contribution in [3.8, 4) is 11.5 Å². The van der Waals surface area contributed by atoms with Gasteiger partial charge in [0.25, 0.3) is 11.8 Å². The summed E-state index contributed by atoms with van der Waals surface area (Å²) < 4.78 is 29.4. The van der Waals surface area contributed by atoms with Crippen molar-refractivity contribution >= 4 is 11.8 Å². The largest absolute Gasteiger partial charge is 0.454 e. The minimum atomic E-state index is -0.423. The van der Waals surface area contributed by atoms with Gasteiger partial charge in [-0.2, -0.15) is 0 Å². The summed E-state index contributed by atoms with van der Waals surface area (Å²) in [4.78, 5) is 27.4. The van der Waals surface area contributed by atoms with Crippen LogP contribution in [-0.4, -0.2) is 28.7 Å². The Balaban J connectivity index is 1.27. The second-order valence-corrected chi connectivity index (χ2v) is 8.20. The molecule has 5 rings (SSSR count). The van der Waals surface area contributed by atoms with Crippen molar-refractivity contribution < 1.29 is 28.0 Å². The Bertz CT molecular complexity index is 1370. The number of aromatic nitrogens is 1. The van der Waals surface area contributed by atoms with E-state index >= 15 is 0 Å². The van der Waals surface area contributed by atoms with E-state index < -0.39 is 11.7 Å². The van der Waals surface area contributed by atoms with Crippen molar-refractivity contribution in [3.63, 3.8) is 0 Å². The van der Waals surface area contributed by atoms with Crippen molar-refractivity contribution in [3.05, 3.63) is 113 Å². The number of carbonyl (C=O) groups excluding carboxylic acids is 2.